The summed E-state index contributed by atoms with van der Waals surface area (Å²) in [7, 11) is 0. The van der Waals surface area contributed by atoms with Gasteiger partial charge in [-0.15, -0.1) is 0 Å². The van der Waals surface area contributed by atoms with Gasteiger partial charge in [-0.25, -0.2) is 4.98 Å². The zero-order chi connectivity index (χ0) is 54.5. The van der Waals surface area contributed by atoms with Crippen molar-refractivity contribution >= 4 is 11.0 Å². The lowest BCUT2D eigenvalue weighted by molar-refractivity contribution is 0.466. The van der Waals surface area contributed by atoms with Crippen LogP contribution in [0.3, 0.4) is 0 Å². The van der Waals surface area contributed by atoms with Gasteiger partial charge in [0.05, 0.1) is 28.0 Å². The van der Waals surface area contributed by atoms with Crippen LogP contribution in [0.1, 0.15) is 86.7 Å². The van der Waals surface area contributed by atoms with Crippen molar-refractivity contribution < 1.29 is 9.22 Å². The number of hydrogen-bond acceptors (Lipinski definition) is 3. The van der Waals surface area contributed by atoms with Crippen LogP contribution in [0.25, 0.3) is 106 Å². The first kappa shape index (κ1) is 45.0. The number of hydrogen-bond donors (Lipinski definition) is 1. The predicted octanol–water partition coefficient (Wildman–Crippen LogP) is 19.3. The lowest BCUT2D eigenvalue weighted by Gasteiger charge is -2.22. The van der Waals surface area contributed by atoms with Crippen molar-refractivity contribution in [2.24, 2.45) is 0 Å². The first-order valence-corrected chi connectivity index (χ1v) is 26.1. The standard InChI is InChI=1S/C71H63N3O/c1-45(2)55-41-61(46(3)4)69(75)64(42-55)70-73-68-60(25-18-26-66(68)74(70)67-37-47(5)62(44-63(67)52-23-16-11-17-24-52)53-31-33-59(34-32-53)71(6,7)8)57-38-56(49-21-14-10-15-22-49)39-58(40-57)65-43-54(35-36-72-65)51-29-27-50(28-30-51)48-19-12-9-13-20-48/h9-46,75H,1-8H3/i5D3. The summed E-state index contributed by atoms with van der Waals surface area (Å²) in [5.74, 6) is 0.791. The van der Waals surface area contributed by atoms with Gasteiger partial charge in [-0.2, -0.15) is 0 Å². The van der Waals surface area contributed by atoms with Crippen molar-refractivity contribution in [2.75, 3.05) is 0 Å². The van der Waals surface area contributed by atoms with Crippen LogP contribution < -0.4 is 0 Å². The number of aromatic nitrogens is 3. The fourth-order valence-electron chi connectivity index (χ4n) is 10.4. The number of aromatic hydroxyl groups is 1. The van der Waals surface area contributed by atoms with Crippen molar-refractivity contribution in [3.63, 3.8) is 0 Å². The molecule has 0 saturated heterocycles. The fourth-order valence-corrected chi connectivity index (χ4v) is 10.4. The Morgan fingerprint density at radius 1 is 0.467 bits per heavy atom. The van der Waals surface area contributed by atoms with Crippen molar-refractivity contribution in [2.45, 2.75) is 72.6 Å². The van der Waals surface area contributed by atoms with E-state index in [1.165, 1.54) is 5.56 Å². The van der Waals surface area contributed by atoms with Crippen molar-refractivity contribution in [1.82, 2.24) is 14.5 Å². The molecule has 4 heteroatoms. The molecule has 2 aromatic heterocycles. The number of aryl methyl sites for hydroxylation is 1. The highest BCUT2D eigenvalue weighted by atomic mass is 16.3. The predicted molar refractivity (Wildman–Crippen MR) is 316 cm³/mol. The molecule has 0 spiro atoms. The van der Waals surface area contributed by atoms with Crippen LogP contribution >= 0.6 is 0 Å². The van der Waals surface area contributed by atoms with Gasteiger partial charge in [0.15, 0.2) is 0 Å². The lowest BCUT2D eigenvalue weighted by atomic mass is 9.85. The van der Waals surface area contributed by atoms with Crippen LogP contribution in [-0.4, -0.2) is 19.6 Å². The minimum atomic E-state index is -2.50. The molecular formula is C71H63N3O. The van der Waals surface area contributed by atoms with E-state index in [0.717, 1.165) is 89.1 Å². The van der Waals surface area contributed by atoms with E-state index >= 15 is 0 Å². The molecule has 1 N–H and O–H groups in total. The van der Waals surface area contributed by atoms with Crippen LogP contribution in [0.4, 0.5) is 0 Å². The summed E-state index contributed by atoms with van der Waals surface area (Å²) in [6.07, 6.45) is 1.88. The first-order chi connectivity index (χ1) is 37.5. The Morgan fingerprint density at radius 3 is 1.67 bits per heavy atom. The molecule has 11 rings (SSSR count). The van der Waals surface area contributed by atoms with Crippen molar-refractivity contribution in [3.8, 4) is 101 Å². The number of imidazole rings is 1. The van der Waals surface area contributed by atoms with Gasteiger partial charge in [0.2, 0.25) is 0 Å². The average Bonchev–Trinajstić information content (AvgIpc) is 4.06. The van der Waals surface area contributed by atoms with Gasteiger partial charge in [0.25, 0.3) is 0 Å². The van der Waals surface area contributed by atoms with E-state index in [9.17, 15) is 5.11 Å². The molecule has 0 radical (unpaired) electrons. The smallest absolute Gasteiger partial charge is 0.149 e. The molecule has 0 fully saturated rings. The molecule has 0 bridgehead atoms. The average molecular weight is 977 g/mol. The SMILES string of the molecule is [2H]C([2H])([2H])c1cc(-n2c(-c3cc(C(C)C)cc(C(C)C)c3O)nc3c(-c4cc(-c5ccccc5)cc(-c5cc(-c6ccc(-c7ccccc7)cc6)ccn5)c4)cccc32)c(-c2ccccc2)cc1-c1ccc(C(C)(C)C)cc1. The topological polar surface area (TPSA) is 50.9 Å². The number of benzene rings is 9. The van der Waals surface area contributed by atoms with Gasteiger partial charge >= 0.3 is 0 Å². The van der Waals surface area contributed by atoms with Crippen LogP contribution in [0.2, 0.25) is 0 Å². The molecule has 0 aliphatic carbocycles. The van der Waals surface area contributed by atoms with Gasteiger partial charge in [-0.1, -0.05) is 206 Å². The zero-order valence-electron chi connectivity index (χ0n) is 46.7. The molecule has 75 heavy (non-hydrogen) atoms. The largest absolute Gasteiger partial charge is 0.507 e. The summed E-state index contributed by atoms with van der Waals surface area (Å²) < 4.78 is 29.6. The third-order valence-electron chi connectivity index (χ3n) is 14.6. The quantitative estimate of drug-likeness (QED) is 0.140. The van der Waals surface area contributed by atoms with E-state index in [4.69, 9.17) is 14.1 Å². The van der Waals surface area contributed by atoms with E-state index in [-0.39, 0.29) is 28.6 Å². The number of para-hydroxylation sites is 1. The Hall–Kier alpha value is -8.60. The maximum Gasteiger partial charge on any atom is 0.149 e. The van der Waals surface area contributed by atoms with E-state index in [1.54, 1.807) is 0 Å². The molecule has 0 amide bonds. The second kappa shape index (κ2) is 20.0. The van der Waals surface area contributed by atoms with E-state index in [2.05, 4.69) is 211 Å². The lowest BCUT2D eigenvalue weighted by Crippen LogP contribution is -2.10. The Balaban J connectivity index is 1.18. The van der Waals surface area contributed by atoms with Crippen molar-refractivity contribution in [3.05, 3.63) is 241 Å². The van der Waals surface area contributed by atoms with Gasteiger partial charge in [-0.3, -0.25) is 9.55 Å². The van der Waals surface area contributed by atoms with Crippen LogP contribution in [0, 0.1) is 6.85 Å². The molecule has 0 atom stereocenters. The van der Waals surface area contributed by atoms with E-state index in [0.29, 0.717) is 28.2 Å². The molecule has 4 nitrogen and oxygen atoms in total. The molecule has 0 aliphatic heterocycles. The number of fused-ring (bicyclic) bond motifs is 1. The molecule has 9 aromatic carbocycles. The Bertz CT molecular complexity index is 3970. The van der Waals surface area contributed by atoms with Crippen LogP contribution in [0.5, 0.6) is 5.75 Å². The van der Waals surface area contributed by atoms with Crippen LogP contribution in [0.15, 0.2) is 219 Å². The monoisotopic (exact) mass is 977 g/mol. The van der Waals surface area contributed by atoms with Gasteiger partial charge in [0.1, 0.15) is 11.6 Å². The summed E-state index contributed by atoms with van der Waals surface area (Å²) in [6.45, 7) is 12.5. The highest BCUT2D eigenvalue weighted by Gasteiger charge is 2.26. The second-order valence-electron chi connectivity index (χ2n) is 21.4. The second-order valence-corrected chi connectivity index (χ2v) is 21.4. The third kappa shape index (κ3) is 9.61. The molecule has 0 saturated carbocycles. The zero-order valence-corrected chi connectivity index (χ0v) is 43.7. The minimum Gasteiger partial charge on any atom is -0.507 e. The fraction of sp³-hybridized carbons (Fsp3) is 0.155. The van der Waals surface area contributed by atoms with E-state index < -0.39 is 6.85 Å². The normalized spacial score (nSPS) is 12.5. The molecular weight excluding hydrogens is 911 g/mol. The summed E-state index contributed by atoms with van der Waals surface area (Å²) >= 11 is 0. The molecule has 368 valence electrons. The first-order valence-electron chi connectivity index (χ1n) is 27.6. The number of phenols is 1. The highest BCUT2D eigenvalue weighted by Crippen LogP contribution is 2.46. The number of rotatable bonds is 11. The Labute approximate surface area is 447 Å². The maximum absolute atomic E-state index is 12.6. The summed E-state index contributed by atoms with van der Waals surface area (Å²) in [5, 5.41) is 12.6. The third-order valence-corrected chi connectivity index (χ3v) is 14.6. The van der Waals surface area contributed by atoms with Crippen molar-refractivity contribution in [1.29, 1.82) is 0 Å². The Morgan fingerprint density at radius 2 is 1.04 bits per heavy atom. The number of pyridine rings is 1. The summed E-state index contributed by atoms with van der Waals surface area (Å²) in [5.41, 5.74) is 19.1. The highest BCUT2D eigenvalue weighted by molar-refractivity contribution is 5.99. The van der Waals surface area contributed by atoms with Gasteiger partial charge < -0.3 is 5.11 Å². The van der Waals surface area contributed by atoms with E-state index in [1.807, 2.05) is 60.8 Å². The molecule has 11 aromatic rings. The molecule has 0 aliphatic rings. The minimum absolute atomic E-state index is 0.00162. The van der Waals surface area contributed by atoms with Gasteiger partial charge in [-0.05, 0) is 157 Å². The Kier molecular flexibility index (Phi) is 12.0. The molecule has 0 unspecified atom stereocenters. The summed E-state index contributed by atoms with van der Waals surface area (Å²) in [6, 6.07) is 73.0. The number of phenolic OH excluding ortho intramolecular Hbond substituents is 1. The maximum atomic E-state index is 12.6. The van der Waals surface area contributed by atoms with Gasteiger partial charge in [0, 0.05) is 27.0 Å². The van der Waals surface area contributed by atoms with Crippen LogP contribution in [-0.2, 0) is 5.41 Å². The number of nitrogens with zero attached hydrogens (tertiary/aromatic N) is 3. The summed E-state index contributed by atoms with van der Waals surface area (Å²) in [4.78, 5) is 10.7. The molecule has 2 heterocycles.